The van der Waals surface area contributed by atoms with E-state index in [1.165, 1.54) is 5.57 Å². The molecule has 5 nitrogen and oxygen atoms in total. The van der Waals surface area contributed by atoms with Crippen LogP contribution in [0.25, 0.3) is 0 Å². The highest BCUT2D eigenvalue weighted by molar-refractivity contribution is 8.00. The summed E-state index contributed by atoms with van der Waals surface area (Å²) in [6, 6.07) is -0.876. The van der Waals surface area contributed by atoms with Gasteiger partial charge in [0.05, 0.1) is 6.10 Å². The Morgan fingerprint density at radius 1 is 1.27 bits per heavy atom. The van der Waals surface area contributed by atoms with Gasteiger partial charge in [-0.2, -0.15) is 11.8 Å². The number of ketones is 1. The number of Topliss-reactive ketones (excluding diaryl/α,β-unsaturated/α-hetero) is 1. The van der Waals surface area contributed by atoms with E-state index in [0.717, 1.165) is 44.9 Å². The Bertz CT molecular complexity index is 753. The summed E-state index contributed by atoms with van der Waals surface area (Å²) in [4.78, 5) is 24.0. The van der Waals surface area contributed by atoms with Crippen molar-refractivity contribution in [1.29, 1.82) is 0 Å². The maximum absolute atomic E-state index is 12.8. The number of fused-ring (bicyclic) bond motifs is 5. The molecule has 0 aliphatic heterocycles. The van der Waals surface area contributed by atoms with E-state index in [2.05, 4.69) is 19.9 Å². The van der Waals surface area contributed by atoms with Crippen LogP contribution in [0.2, 0.25) is 0 Å². The van der Waals surface area contributed by atoms with E-state index in [4.69, 9.17) is 10.8 Å². The van der Waals surface area contributed by atoms with Crippen molar-refractivity contribution >= 4 is 23.5 Å². The number of carboxylic acids is 1. The van der Waals surface area contributed by atoms with Crippen LogP contribution in [-0.4, -0.2) is 45.1 Å². The highest BCUT2D eigenvalue weighted by Gasteiger charge is 2.62. The monoisotopic (exact) mass is 435 g/mol. The largest absolute Gasteiger partial charge is 0.480 e. The maximum Gasteiger partial charge on any atom is 0.321 e. The number of allylic oxidation sites excluding steroid dienone is 1. The molecule has 0 saturated heterocycles. The zero-order valence-electron chi connectivity index (χ0n) is 18.5. The normalized spacial score (nSPS) is 46.2. The number of hydrogen-bond acceptors (Lipinski definition) is 5. The van der Waals surface area contributed by atoms with Gasteiger partial charge >= 0.3 is 5.97 Å². The first-order chi connectivity index (χ1) is 14.1. The molecule has 1 unspecified atom stereocenters. The van der Waals surface area contributed by atoms with Crippen molar-refractivity contribution < 1.29 is 19.8 Å². The first-order valence-corrected chi connectivity index (χ1v) is 12.6. The molecule has 3 fully saturated rings. The van der Waals surface area contributed by atoms with Crippen molar-refractivity contribution in [3.8, 4) is 0 Å². The van der Waals surface area contributed by atoms with Gasteiger partial charge in [0, 0.05) is 16.9 Å². The second-order valence-electron chi connectivity index (χ2n) is 10.8. The third-order valence-electron chi connectivity index (χ3n) is 9.33. The summed E-state index contributed by atoms with van der Waals surface area (Å²) in [7, 11) is 0. The van der Waals surface area contributed by atoms with E-state index in [9.17, 15) is 14.7 Å². The van der Waals surface area contributed by atoms with Gasteiger partial charge in [0.1, 0.15) is 11.8 Å². The number of thioether (sulfide) groups is 1. The Hall–Kier alpha value is -0.850. The van der Waals surface area contributed by atoms with Crippen LogP contribution < -0.4 is 5.73 Å². The van der Waals surface area contributed by atoms with Crippen LogP contribution in [0.15, 0.2) is 11.6 Å². The summed E-state index contributed by atoms with van der Waals surface area (Å²) in [5.41, 5.74) is 7.41. The summed E-state index contributed by atoms with van der Waals surface area (Å²) in [6.07, 6.45) is 9.26. The number of nitrogens with two attached hydrogens (primary N) is 1. The second kappa shape index (κ2) is 7.93. The van der Waals surface area contributed by atoms with Crippen molar-refractivity contribution in [2.75, 3.05) is 5.75 Å². The van der Waals surface area contributed by atoms with Gasteiger partial charge in [0.2, 0.25) is 0 Å². The summed E-state index contributed by atoms with van der Waals surface area (Å²) < 4.78 is 0. The number of aliphatic carboxylic acids is 1. The van der Waals surface area contributed by atoms with Gasteiger partial charge in [-0.3, -0.25) is 9.59 Å². The second-order valence-corrected chi connectivity index (χ2v) is 12.1. The zero-order chi connectivity index (χ0) is 21.8. The highest BCUT2D eigenvalue weighted by Crippen LogP contribution is 2.67. The molecule has 0 radical (unpaired) electrons. The number of rotatable bonds is 5. The van der Waals surface area contributed by atoms with Crippen molar-refractivity contribution in [2.45, 2.75) is 83.1 Å². The van der Waals surface area contributed by atoms with Gasteiger partial charge < -0.3 is 15.9 Å². The number of hydrogen-bond donors (Lipinski definition) is 3. The van der Waals surface area contributed by atoms with E-state index in [-0.39, 0.29) is 33.9 Å². The minimum absolute atomic E-state index is 0.00608. The van der Waals surface area contributed by atoms with E-state index in [1.807, 2.05) is 0 Å². The van der Waals surface area contributed by atoms with E-state index in [1.54, 1.807) is 18.7 Å². The summed E-state index contributed by atoms with van der Waals surface area (Å²) in [6.45, 7) is 6.46. The molecule has 3 saturated carbocycles. The maximum atomic E-state index is 12.8. The van der Waals surface area contributed by atoms with Gasteiger partial charge in [0.15, 0.2) is 0 Å². The number of carbonyl (C=O) groups excluding carboxylic acids is 1. The van der Waals surface area contributed by atoms with E-state index < -0.39 is 12.0 Å². The van der Waals surface area contributed by atoms with Crippen LogP contribution >= 0.6 is 11.8 Å². The average Bonchev–Trinajstić information content (AvgIpc) is 2.98. The van der Waals surface area contributed by atoms with E-state index in [0.29, 0.717) is 23.5 Å². The predicted molar refractivity (Wildman–Crippen MR) is 119 cm³/mol. The molecule has 168 valence electrons. The van der Waals surface area contributed by atoms with E-state index >= 15 is 0 Å². The first kappa shape index (κ1) is 22.3. The Kier molecular flexibility index (Phi) is 5.91. The number of carbonyl (C=O) groups is 2. The molecule has 0 aromatic heterocycles. The Morgan fingerprint density at radius 2 is 2.00 bits per heavy atom. The van der Waals surface area contributed by atoms with Crippen LogP contribution in [0.3, 0.4) is 0 Å². The highest BCUT2D eigenvalue weighted by atomic mass is 32.2. The molecule has 0 spiro atoms. The summed E-state index contributed by atoms with van der Waals surface area (Å²) >= 11 is 1.61. The van der Waals surface area contributed by atoms with Crippen LogP contribution in [-0.2, 0) is 9.59 Å². The summed E-state index contributed by atoms with van der Waals surface area (Å²) in [5, 5.41) is 19.5. The van der Waals surface area contributed by atoms with Gasteiger partial charge in [-0.1, -0.05) is 25.5 Å². The molecule has 30 heavy (non-hydrogen) atoms. The van der Waals surface area contributed by atoms with Gasteiger partial charge in [-0.05, 0) is 80.5 Å². The minimum Gasteiger partial charge on any atom is -0.480 e. The number of aliphatic hydroxyl groups is 1. The third-order valence-corrected chi connectivity index (χ3v) is 10.8. The molecule has 4 aliphatic rings. The molecule has 6 heteroatoms. The Morgan fingerprint density at radius 3 is 2.67 bits per heavy atom. The van der Waals surface area contributed by atoms with Crippen molar-refractivity contribution in [2.24, 2.45) is 40.2 Å². The van der Waals surface area contributed by atoms with Crippen LogP contribution in [0.1, 0.15) is 65.7 Å². The molecule has 4 N–H and O–H groups in total. The van der Waals surface area contributed by atoms with Crippen molar-refractivity contribution in [3.63, 3.8) is 0 Å². The van der Waals surface area contributed by atoms with Gasteiger partial charge in [-0.25, -0.2) is 0 Å². The standard InChI is InChI=1S/C24H37NO4S/c1-13(26)21-20(30-12-19(25)22(28)29)11-18-16-5-4-14-10-15(27)6-8-23(14,2)17(16)7-9-24(18,21)3/h4,15-21,27H,5-12,25H2,1-3H3,(H,28,29)/t15-,16+,17-,18-,19-,20?,21-,23-,24-/m0/s1. The lowest BCUT2D eigenvalue weighted by atomic mass is 9.47. The molecule has 0 amide bonds. The quantitative estimate of drug-likeness (QED) is 0.570. The lowest BCUT2D eigenvalue weighted by molar-refractivity contribution is -0.137. The molecular formula is C24H37NO4S. The van der Waals surface area contributed by atoms with Gasteiger partial charge in [-0.15, -0.1) is 0 Å². The smallest absolute Gasteiger partial charge is 0.321 e. The van der Waals surface area contributed by atoms with Crippen molar-refractivity contribution in [3.05, 3.63) is 11.6 Å². The molecule has 0 aromatic rings. The minimum atomic E-state index is -0.971. The lowest BCUT2D eigenvalue weighted by Crippen LogP contribution is -2.51. The topological polar surface area (TPSA) is 101 Å². The SMILES string of the molecule is CC(=O)[C@H]1C(SC[C@H](N)C(=O)O)C[C@H]2[C@@H]3CC=C4C[C@@H](O)CC[C@]4(C)[C@H]3CC[C@]12C. The van der Waals surface area contributed by atoms with Crippen molar-refractivity contribution in [1.82, 2.24) is 0 Å². The molecule has 0 heterocycles. The fourth-order valence-corrected chi connectivity index (χ4v) is 9.46. The number of aliphatic hydroxyl groups excluding tert-OH is 1. The molecule has 4 rings (SSSR count). The van der Waals surface area contributed by atoms with Crippen LogP contribution in [0, 0.1) is 34.5 Å². The summed E-state index contributed by atoms with van der Waals surface area (Å²) in [5.74, 6) is 1.32. The van der Waals surface area contributed by atoms with Gasteiger partial charge in [0.25, 0.3) is 0 Å². The lowest BCUT2D eigenvalue weighted by Gasteiger charge is -2.57. The molecule has 4 aliphatic carbocycles. The first-order valence-electron chi connectivity index (χ1n) is 11.6. The predicted octanol–water partition coefficient (Wildman–Crippen LogP) is 3.64. The molecule has 0 aromatic carbocycles. The molecular weight excluding hydrogens is 398 g/mol. The molecule has 9 atom stereocenters. The Labute approximate surface area is 184 Å². The fraction of sp³-hybridized carbons (Fsp3) is 0.833. The Balaban J connectivity index is 1.60. The average molecular weight is 436 g/mol. The fourth-order valence-electron chi connectivity index (χ4n) is 7.82. The zero-order valence-corrected chi connectivity index (χ0v) is 19.3. The number of carboxylic acid groups (broad SMARTS) is 1. The third kappa shape index (κ3) is 3.47. The molecule has 0 bridgehead atoms. The van der Waals surface area contributed by atoms with Crippen LogP contribution in [0.4, 0.5) is 0 Å². The van der Waals surface area contributed by atoms with Crippen LogP contribution in [0.5, 0.6) is 0 Å².